The van der Waals surface area contributed by atoms with E-state index in [0.29, 0.717) is 13.0 Å². The molecule has 0 spiro atoms. The lowest BCUT2D eigenvalue weighted by Crippen LogP contribution is -2.48. The summed E-state index contributed by atoms with van der Waals surface area (Å²) in [6.07, 6.45) is -1.01. The van der Waals surface area contributed by atoms with Crippen molar-refractivity contribution in [2.45, 2.75) is 93.7 Å². The maximum Gasteiger partial charge on any atom is 0.306 e. The predicted octanol–water partition coefficient (Wildman–Crippen LogP) is 6.00. The molecule has 2 unspecified atom stereocenters. The van der Waals surface area contributed by atoms with Gasteiger partial charge in [0.1, 0.15) is 23.4 Å². The van der Waals surface area contributed by atoms with Crippen LogP contribution in [0.4, 0.5) is 0 Å². The van der Waals surface area contributed by atoms with Gasteiger partial charge in [0.15, 0.2) is 12.1 Å². The van der Waals surface area contributed by atoms with Crippen molar-refractivity contribution in [3.05, 3.63) is 29.8 Å². The molecular formula is C33H50O8. The fraction of sp³-hybridized carbons (Fsp3) is 0.697. The normalized spacial score (nSPS) is 23.5. The summed E-state index contributed by atoms with van der Waals surface area (Å²) < 4.78 is 23.7. The Kier molecular flexibility index (Phi) is 13.2. The first-order valence-electron chi connectivity index (χ1n) is 14.9. The Labute approximate surface area is 245 Å². The summed E-state index contributed by atoms with van der Waals surface area (Å²) in [6, 6.07) is 7.42. The number of Topliss-reactive ketones (excluding diaryl/α,β-unsaturated/α-hetero) is 3. The summed E-state index contributed by atoms with van der Waals surface area (Å²) in [5.74, 6) is -3.87. The van der Waals surface area contributed by atoms with Crippen LogP contribution < -0.4 is 4.74 Å². The molecule has 1 heterocycles. The summed E-state index contributed by atoms with van der Waals surface area (Å²) in [5.41, 5.74) is 0.826. The zero-order valence-electron chi connectivity index (χ0n) is 26.5. The molecule has 230 valence electrons. The van der Waals surface area contributed by atoms with Crippen LogP contribution in [0, 0.1) is 41.4 Å². The molecule has 1 aliphatic rings. The van der Waals surface area contributed by atoms with Gasteiger partial charge in [-0.25, -0.2) is 0 Å². The van der Waals surface area contributed by atoms with Gasteiger partial charge in [-0.15, -0.1) is 0 Å². The van der Waals surface area contributed by atoms with Crippen LogP contribution in [0.5, 0.6) is 5.75 Å². The van der Waals surface area contributed by atoms with Crippen molar-refractivity contribution in [2.24, 2.45) is 41.4 Å². The Hall–Kier alpha value is -2.58. The highest BCUT2D eigenvalue weighted by molar-refractivity contribution is 6.12. The van der Waals surface area contributed by atoms with E-state index in [9.17, 15) is 19.2 Å². The Morgan fingerprint density at radius 2 is 1.49 bits per heavy atom. The van der Waals surface area contributed by atoms with Gasteiger partial charge in [-0.05, 0) is 38.3 Å². The van der Waals surface area contributed by atoms with Crippen molar-refractivity contribution in [3.63, 3.8) is 0 Å². The highest BCUT2D eigenvalue weighted by atomic mass is 16.7. The Balaban J connectivity index is 2.31. The average Bonchev–Trinajstić information content (AvgIpc) is 2.96. The number of carbonyl (C=O) groups excluding carboxylic acids is 4. The lowest BCUT2D eigenvalue weighted by molar-refractivity contribution is -0.258. The van der Waals surface area contributed by atoms with Gasteiger partial charge in [0.05, 0.1) is 37.6 Å². The Morgan fingerprint density at radius 3 is 2.02 bits per heavy atom. The highest BCUT2D eigenvalue weighted by Crippen LogP contribution is 2.37. The molecule has 0 N–H and O–H groups in total. The molecule has 1 aromatic rings. The molecule has 8 nitrogen and oxygen atoms in total. The van der Waals surface area contributed by atoms with Crippen LogP contribution in [-0.2, 0) is 33.4 Å². The second kappa shape index (κ2) is 15.6. The van der Waals surface area contributed by atoms with Gasteiger partial charge in [0.25, 0.3) is 0 Å². The quantitative estimate of drug-likeness (QED) is 0.186. The molecule has 0 radical (unpaired) electrons. The monoisotopic (exact) mass is 574 g/mol. The van der Waals surface area contributed by atoms with E-state index in [1.54, 1.807) is 34.8 Å². The van der Waals surface area contributed by atoms with Crippen LogP contribution >= 0.6 is 0 Å². The maximum absolute atomic E-state index is 13.7. The third kappa shape index (κ3) is 8.95. The molecule has 0 aromatic heterocycles. The van der Waals surface area contributed by atoms with Crippen LogP contribution in [0.2, 0.25) is 0 Å². The molecule has 8 heteroatoms. The van der Waals surface area contributed by atoms with Crippen LogP contribution in [0.1, 0.15) is 87.0 Å². The molecule has 1 saturated heterocycles. The van der Waals surface area contributed by atoms with Gasteiger partial charge in [-0.3, -0.25) is 19.2 Å². The third-order valence-corrected chi connectivity index (χ3v) is 8.37. The van der Waals surface area contributed by atoms with E-state index in [1.165, 1.54) is 0 Å². The minimum atomic E-state index is -1.01. The average molecular weight is 575 g/mol. The molecular weight excluding hydrogens is 524 g/mol. The van der Waals surface area contributed by atoms with Gasteiger partial charge in [0, 0.05) is 29.7 Å². The van der Waals surface area contributed by atoms with Crippen molar-refractivity contribution in [2.75, 3.05) is 13.7 Å². The first-order valence-corrected chi connectivity index (χ1v) is 14.9. The minimum Gasteiger partial charge on any atom is -0.497 e. The number of rotatable bonds is 15. The van der Waals surface area contributed by atoms with E-state index in [2.05, 4.69) is 0 Å². The fourth-order valence-electron chi connectivity index (χ4n) is 5.45. The van der Waals surface area contributed by atoms with Crippen LogP contribution in [0.15, 0.2) is 24.3 Å². The van der Waals surface area contributed by atoms with Gasteiger partial charge in [-0.1, -0.05) is 60.6 Å². The Bertz CT molecular complexity index is 1030. The number of hydrogen-bond acceptors (Lipinski definition) is 8. The standard InChI is InChI=1S/C33H50O8/c1-11-19(4)28(35)21(6)29(36)22(7)30(37)23(8)32(40-27(34)16-18(2)3)24(9)31-20(5)17-39-33(41-31)25-12-14-26(38-10)15-13-25/h12-15,18-24,31-33H,11,16-17H2,1-10H3/t19-,20+,21?,22?,23-,24-,31+,32-,33+/m0/s1. The molecule has 0 amide bonds. The summed E-state index contributed by atoms with van der Waals surface area (Å²) in [4.78, 5) is 52.5. The van der Waals surface area contributed by atoms with Crippen LogP contribution in [0.3, 0.4) is 0 Å². The first kappa shape index (κ1) is 34.6. The van der Waals surface area contributed by atoms with Crippen molar-refractivity contribution < 1.29 is 38.1 Å². The van der Waals surface area contributed by atoms with Crippen molar-refractivity contribution in [1.82, 2.24) is 0 Å². The van der Waals surface area contributed by atoms with Gasteiger partial charge in [-0.2, -0.15) is 0 Å². The first-order chi connectivity index (χ1) is 19.2. The Morgan fingerprint density at radius 1 is 0.902 bits per heavy atom. The molecule has 0 saturated carbocycles. The van der Waals surface area contributed by atoms with Crippen molar-refractivity contribution >= 4 is 23.3 Å². The lowest BCUT2D eigenvalue weighted by Gasteiger charge is -2.42. The van der Waals surface area contributed by atoms with E-state index >= 15 is 0 Å². The van der Waals surface area contributed by atoms with Gasteiger partial charge in [0.2, 0.25) is 0 Å². The number of ether oxygens (including phenoxy) is 4. The molecule has 2 rings (SSSR count). The second-order valence-electron chi connectivity index (χ2n) is 12.2. The zero-order valence-corrected chi connectivity index (χ0v) is 26.5. The lowest BCUT2D eigenvalue weighted by atomic mass is 9.77. The second-order valence-corrected chi connectivity index (χ2v) is 12.2. The molecule has 0 bridgehead atoms. The summed E-state index contributed by atoms with van der Waals surface area (Å²) in [6.45, 7) is 16.7. The van der Waals surface area contributed by atoms with E-state index in [1.807, 2.05) is 58.9 Å². The molecule has 1 aliphatic heterocycles. The number of hydrogen-bond donors (Lipinski definition) is 0. The SMILES string of the molecule is CC[C@H](C)C(=O)C(C)C(=O)C(C)C(=O)[C@H](C)[C@H](OC(=O)CC(C)C)[C@@H](C)[C@@H]1O[C@H](c2ccc(OC)cc2)OC[C@H]1C. The summed E-state index contributed by atoms with van der Waals surface area (Å²) >= 11 is 0. The molecule has 9 atom stereocenters. The van der Waals surface area contributed by atoms with E-state index in [4.69, 9.17) is 18.9 Å². The molecule has 41 heavy (non-hydrogen) atoms. The number of carbonyl (C=O) groups is 4. The number of ketones is 3. The molecule has 1 aromatic carbocycles. The van der Waals surface area contributed by atoms with E-state index in [-0.39, 0.29) is 47.8 Å². The zero-order chi connectivity index (χ0) is 31.0. The number of esters is 1. The van der Waals surface area contributed by atoms with Crippen molar-refractivity contribution in [3.8, 4) is 5.75 Å². The van der Waals surface area contributed by atoms with E-state index < -0.39 is 41.9 Å². The largest absolute Gasteiger partial charge is 0.497 e. The smallest absolute Gasteiger partial charge is 0.306 e. The summed E-state index contributed by atoms with van der Waals surface area (Å²) in [5, 5.41) is 0. The van der Waals surface area contributed by atoms with Crippen LogP contribution in [0.25, 0.3) is 0 Å². The maximum atomic E-state index is 13.7. The van der Waals surface area contributed by atoms with Gasteiger partial charge < -0.3 is 18.9 Å². The highest BCUT2D eigenvalue weighted by Gasteiger charge is 2.44. The fourth-order valence-corrected chi connectivity index (χ4v) is 5.45. The minimum absolute atomic E-state index is 0.0414. The third-order valence-electron chi connectivity index (χ3n) is 8.37. The summed E-state index contributed by atoms with van der Waals surface area (Å²) in [7, 11) is 1.60. The topological polar surface area (TPSA) is 105 Å². The van der Waals surface area contributed by atoms with Gasteiger partial charge >= 0.3 is 5.97 Å². The van der Waals surface area contributed by atoms with Crippen molar-refractivity contribution in [1.29, 1.82) is 0 Å². The molecule has 0 aliphatic carbocycles. The predicted molar refractivity (Wildman–Crippen MR) is 156 cm³/mol. The molecule has 1 fully saturated rings. The van der Waals surface area contributed by atoms with E-state index in [0.717, 1.165) is 11.3 Å². The number of benzene rings is 1. The number of methoxy groups -OCH3 is 1. The van der Waals surface area contributed by atoms with Crippen LogP contribution in [-0.4, -0.2) is 49.2 Å².